The number of anilines is 1. The molecule has 1 N–H and O–H groups in total. The zero-order valence-corrected chi connectivity index (χ0v) is 14.4. The Hall–Kier alpha value is -0.650. The molecule has 3 rings (SSSR count). The van der Waals surface area contributed by atoms with Gasteiger partial charge in [-0.3, -0.25) is 4.90 Å². The minimum atomic E-state index is 0.150. The van der Waals surface area contributed by atoms with Crippen LogP contribution in [-0.2, 0) is 6.54 Å². The quantitative estimate of drug-likeness (QED) is 0.930. The van der Waals surface area contributed by atoms with Gasteiger partial charge < -0.3 is 10.2 Å². The molecule has 2 fully saturated rings. The maximum absolute atomic E-state index is 4.84. The molecule has 0 amide bonds. The molecule has 2 aliphatic rings. The molecule has 21 heavy (non-hydrogen) atoms. The van der Waals surface area contributed by atoms with Crippen molar-refractivity contribution in [1.82, 2.24) is 15.2 Å². The first-order valence-electron chi connectivity index (χ1n) is 8.20. The van der Waals surface area contributed by atoms with Gasteiger partial charge >= 0.3 is 0 Å². The number of piperazine rings is 1. The number of thiazole rings is 1. The Morgan fingerprint density at radius 1 is 1.29 bits per heavy atom. The molecule has 1 atom stereocenters. The lowest BCUT2D eigenvalue weighted by Crippen LogP contribution is -2.54. The minimum absolute atomic E-state index is 0.150. The fraction of sp³-hybridized carbons (Fsp3) is 0.812. The first-order chi connectivity index (χ1) is 10.0. The molecular formula is C16H28N4S. The van der Waals surface area contributed by atoms with E-state index in [4.69, 9.17) is 4.98 Å². The van der Waals surface area contributed by atoms with Gasteiger partial charge in [-0.1, -0.05) is 6.42 Å². The monoisotopic (exact) mass is 308 g/mol. The van der Waals surface area contributed by atoms with Crippen LogP contribution < -0.4 is 10.2 Å². The van der Waals surface area contributed by atoms with Crippen molar-refractivity contribution in [3.05, 3.63) is 11.1 Å². The number of fused-ring (bicyclic) bond motifs is 1. The highest BCUT2D eigenvalue weighted by molar-refractivity contribution is 7.13. The summed E-state index contributed by atoms with van der Waals surface area (Å²) in [7, 11) is 0. The van der Waals surface area contributed by atoms with Crippen LogP contribution in [0.1, 0.15) is 45.7 Å². The van der Waals surface area contributed by atoms with E-state index in [1.54, 1.807) is 11.3 Å². The van der Waals surface area contributed by atoms with Gasteiger partial charge in [0.05, 0.1) is 5.69 Å². The van der Waals surface area contributed by atoms with Crippen molar-refractivity contribution < 1.29 is 0 Å². The SMILES string of the molecule is CC(C)(C)NCc1csc(N2CCN3CCCCC3C2)n1. The number of hydrogen-bond donors (Lipinski definition) is 1. The highest BCUT2D eigenvalue weighted by atomic mass is 32.1. The Kier molecular flexibility index (Phi) is 4.52. The summed E-state index contributed by atoms with van der Waals surface area (Å²) >= 11 is 1.80. The Bertz CT molecular complexity index is 465. The maximum atomic E-state index is 4.84. The molecule has 0 aliphatic carbocycles. The lowest BCUT2D eigenvalue weighted by molar-refractivity contribution is 0.133. The molecular weight excluding hydrogens is 280 g/mol. The lowest BCUT2D eigenvalue weighted by Gasteiger charge is -2.44. The Labute approximate surface area is 132 Å². The van der Waals surface area contributed by atoms with Crippen molar-refractivity contribution in [1.29, 1.82) is 0 Å². The molecule has 0 saturated carbocycles. The third-order valence-electron chi connectivity index (χ3n) is 4.45. The zero-order valence-electron chi connectivity index (χ0n) is 13.6. The highest BCUT2D eigenvalue weighted by Crippen LogP contribution is 2.27. The summed E-state index contributed by atoms with van der Waals surface area (Å²) in [5.74, 6) is 0. The van der Waals surface area contributed by atoms with E-state index >= 15 is 0 Å². The second kappa shape index (κ2) is 6.23. The number of aromatic nitrogens is 1. The number of rotatable bonds is 3. The molecule has 5 heteroatoms. The fourth-order valence-electron chi connectivity index (χ4n) is 3.21. The second-order valence-electron chi connectivity index (χ2n) is 7.36. The smallest absolute Gasteiger partial charge is 0.185 e. The van der Waals surface area contributed by atoms with E-state index in [1.807, 2.05) is 0 Å². The third kappa shape index (κ3) is 3.96. The molecule has 4 nitrogen and oxygen atoms in total. The van der Waals surface area contributed by atoms with E-state index in [9.17, 15) is 0 Å². The largest absolute Gasteiger partial charge is 0.345 e. The molecule has 3 heterocycles. The summed E-state index contributed by atoms with van der Waals surface area (Å²) in [6.07, 6.45) is 4.14. The van der Waals surface area contributed by atoms with Gasteiger partial charge in [0.2, 0.25) is 0 Å². The van der Waals surface area contributed by atoms with E-state index < -0.39 is 0 Å². The van der Waals surface area contributed by atoms with Crippen LogP contribution >= 0.6 is 11.3 Å². The van der Waals surface area contributed by atoms with Gasteiger partial charge in [0.15, 0.2) is 5.13 Å². The Morgan fingerprint density at radius 2 is 2.14 bits per heavy atom. The van der Waals surface area contributed by atoms with Gasteiger partial charge in [-0.05, 0) is 40.2 Å². The van der Waals surface area contributed by atoms with E-state index in [0.717, 1.165) is 19.1 Å². The summed E-state index contributed by atoms with van der Waals surface area (Å²) in [6.45, 7) is 12.3. The zero-order chi connectivity index (χ0) is 14.9. The van der Waals surface area contributed by atoms with Gasteiger partial charge in [0.25, 0.3) is 0 Å². The minimum Gasteiger partial charge on any atom is -0.345 e. The van der Waals surface area contributed by atoms with Crippen LogP contribution in [0.2, 0.25) is 0 Å². The topological polar surface area (TPSA) is 31.4 Å². The second-order valence-corrected chi connectivity index (χ2v) is 8.19. The molecule has 1 aromatic rings. The first kappa shape index (κ1) is 15.3. The normalized spacial score (nSPS) is 24.1. The lowest BCUT2D eigenvalue weighted by atomic mass is 10.00. The average molecular weight is 308 g/mol. The predicted molar refractivity (Wildman–Crippen MR) is 90.1 cm³/mol. The van der Waals surface area contributed by atoms with Crippen LogP contribution in [0.15, 0.2) is 5.38 Å². The molecule has 0 aromatic carbocycles. The summed E-state index contributed by atoms with van der Waals surface area (Å²) < 4.78 is 0. The number of piperidine rings is 1. The van der Waals surface area contributed by atoms with Crippen LogP contribution in [0, 0.1) is 0 Å². The number of nitrogens with zero attached hydrogens (tertiary/aromatic N) is 3. The van der Waals surface area contributed by atoms with Crippen molar-refractivity contribution >= 4 is 16.5 Å². The van der Waals surface area contributed by atoms with Crippen molar-refractivity contribution in [2.24, 2.45) is 0 Å². The van der Waals surface area contributed by atoms with Gasteiger partial charge in [-0.25, -0.2) is 4.98 Å². The first-order valence-corrected chi connectivity index (χ1v) is 9.08. The standard InChI is InChI=1S/C16H28N4S/c1-16(2,3)17-10-13-12-21-15(18-13)20-9-8-19-7-5-4-6-14(19)11-20/h12,14,17H,4-11H2,1-3H3. The van der Waals surface area contributed by atoms with Crippen LogP contribution in [0.25, 0.3) is 0 Å². The van der Waals surface area contributed by atoms with E-state index in [0.29, 0.717) is 0 Å². The van der Waals surface area contributed by atoms with Crippen molar-refractivity contribution in [2.45, 2.75) is 58.2 Å². The van der Waals surface area contributed by atoms with Gasteiger partial charge in [-0.15, -0.1) is 11.3 Å². The number of nitrogens with one attached hydrogen (secondary N) is 1. The van der Waals surface area contributed by atoms with Gasteiger partial charge in [0, 0.05) is 43.1 Å². The predicted octanol–water partition coefficient (Wildman–Crippen LogP) is 2.71. The molecule has 0 bridgehead atoms. The molecule has 1 aromatic heterocycles. The van der Waals surface area contributed by atoms with Crippen molar-refractivity contribution in [3.63, 3.8) is 0 Å². The van der Waals surface area contributed by atoms with Crippen LogP contribution in [0.4, 0.5) is 5.13 Å². The maximum Gasteiger partial charge on any atom is 0.185 e. The molecule has 0 spiro atoms. The molecule has 118 valence electrons. The summed E-state index contributed by atoms with van der Waals surface area (Å²) in [4.78, 5) is 10.0. The van der Waals surface area contributed by atoms with Gasteiger partial charge in [-0.2, -0.15) is 0 Å². The van der Waals surface area contributed by atoms with Gasteiger partial charge in [0.1, 0.15) is 0 Å². The van der Waals surface area contributed by atoms with E-state index in [-0.39, 0.29) is 5.54 Å². The Morgan fingerprint density at radius 3 is 2.95 bits per heavy atom. The highest BCUT2D eigenvalue weighted by Gasteiger charge is 2.29. The molecule has 2 aliphatic heterocycles. The van der Waals surface area contributed by atoms with Crippen molar-refractivity contribution in [2.75, 3.05) is 31.1 Å². The summed E-state index contributed by atoms with van der Waals surface area (Å²) in [5.41, 5.74) is 1.33. The van der Waals surface area contributed by atoms with E-state index in [2.05, 4.69) is 41.3 Å². The average Bonchev–Trinajstić information content (AvgIpc) is 2.93. The molecule has 1 unspecified atom stereocenters. The van der Waals surface area contributed by atoms with E-state index in [1.165, 1.54) is 49.7 Å². The number of hydrogen-bond acceptors (Lipinski definition) is 5. The third-order valence-corrected chi connectivity index (χ3v) is 5.40. The Balaban J connectivity index is 1.58. The molecule has 0 radical (unpaired) electrons. The summed E-state index contributed by atoms with van der Waals surface area (Å²) in [6, 6.07) is 0.757. The van der Waals surface area contributed by atoms with Crippen molar-refractivity contribution in [3.8, 4) is 0 Å². The van der Waals surface area contributed by atoms with Crippen LogP contribution in [0.3, 0.4) is 0 Å². The van der Waals surface area contributed by atoms with Crippen LogP contribution in [-0.4, -0.2) is 47.6 Å². The summed E-state index contributed by atoms with van der Waals surface area (Å²) in [5, 5.41) is 6.94. The fourth-order valence-corrected chi connectivity index (χ4v) is 4.07. The molecule has 2 saturated heterocycles. The van der Waals surface area contributed by atoms with Crippen LogP contribution in [0.5, 0.6) is 0 Å².